The number of nitrogens with one attached hydrogen (secondary N) is 1. The molecule has 1 saturated heterocycles. The summed E-state index contributed by atoms with van der Waals surface area (Å²) in [6.45, 7) is 5.16. The maximum absolute atomic E-state index is 14.2. The molecule has 2 unspecified atom stereocenters. The highest BCUT2D eigenvalue weighted by Crippen LogP contribution is 2.38. The van der Waals surface area contributed by atoms with Crippen LogP contribution in [-0.4, -0.2) is 28.2 Å². The molecule has 168 valence electrons. The minimum atomic E-state index is -0.972. The second kappa shape index (κ2) is 9.57. The average molecular weight is 437 g/mol. The standard InChI is InChI=1S/C26H29FN2O3/c1-17-22(26(30)31)15-29(18(2)23-10-6-7-13-28-23)25(17)21-12-11-20(27)14-24(21)32-16-19-8-4-3-5-9-19/h3-5,8-9,11-12,14-15,18,23,28H,6-7,10,13,16H2,1-2H3,(H,30,31). The molecule has 4 rings (SSSR count). The number of carboxylic acid groups (broad SMARTS) is 1. The van der Waals surface area contributed by atoms with Crippen molar-refractivity contribution < 1.29 is 19.0 Å². The Morgan fingerprint density at radius 3 is 2.72 bits per heavy atom. The van der Waals surface area contributed by atoms with Gasteiger partial charge >= 0.3 is 5.97 Å². The molecule has 0 bridgehead atoms. The summed E-state index contributed by atoms with van der Waals surface area (Å²) in [5.74, 6) is -0.967. The van der Waals surface area contributed by atoms with Crippen LogP contribution in [0, 0.1) is 12.7 Å². The molecule has 2 aromatic carbocycles. The van der Waals surface area contributed by atoms with Gasteiger partial charge in [0.15, 0.2) is 0 Å². The number of piperidine rings is 1. The summed E-state index contributed by atoms with van der Waals surface area (Å²) in [5, 5.41) is 13.4. The van der Waals surface area contributed by atoms with Crippen molar-refractivity contribution in [3.05, 3.63) is 77.2 Å². The van der Waals surface area contributed by atoms with Crippen molar-refractivity contribution in [3.63, 3.8) is 0 Å². The van der Waals surface area contributed by atoms with Gasteiger partial charge in [0.25, 0.3) is 0 Å². The molecule has 0 amide bonds. The van der Waals surface area contributed by atoms with Crippen LogP contribution in [0.25, 0.3) is 11.3 Å². The molecule has 2 heterocycles. The van der Waals surface area contributed by atoms with Gasteiger partial charge in [-0.25, -0.2) is 9.18 Å². The molecular formula is C26H29FN2O3. The number of aromatic carboxylic acids is 1. The topological polar surface area (TPSA) is 63.5 Å². The highest BCUT2D eigenvalue weighted by atomic mass is 19.1. The van der Waals surface area contributed by atoms with Gasteiger partial charge in [-0.15, -0.1) is 0 Å². The fourth-order valence-corrected chi connectivity index (χ4v) is 4.53. The van der Waals surface area contributed by atoms with Gasteiger partial charge in [0.1, 0.15) is 18.2 Å². The predicted molar refractivity (Wildman–Crippen MR) is 123 cm³/mol. The second-order valence-electron chi connectivity index (χ2n) is 8.44. The molecule has 0 spiro atoms. The predicted octanol–water partition coefficient (Wildman–Crippen LogP) is 5.58. The van der Waals surface area contributed by atoms with Crippen LogP contribution < -0.4 is 10.1 Å². The Bertz CT molecular complexity index is 1090. The maximum atomic E-state index is 14.2. The molecule has 1 aliphatic heterocycles. The summed E-state index contributed by atoms with van der Waals surface area (Å²) in [4.78, 5) is 11.9. The van der Waals surface area contributed by atoms with Gasteiger partial charge in [0.05, 0.1) is 11.3 Å². The number of hydrogen-bond donors (Lipinski definition) is 2. The molecule has 32 heavy (non-hydrogen) atoms. The van der Waals surface area contributed by atoms with Crippen LogP contribution in [0.1, 0.15) is 53.7 Å². The SMILES string of the molecule is Cc1c(C(=O)O)cn(C(C)C2CCCCN2)c1-c1ccc(F)cc1OCc1ccccc1. The maximum Gasteiger partial charge on any atom is 0.337 e. The Hall–Kier alpha value is -3.12. The number of benzene rings is 2. The van der Waals surface area contributed by atoms with Crippen molar-refractivity contribution in [3.8, 4) is 17.0 Å². The molecule has 1 aromatic heterocycles. The Kier molecular flexibility index (Phi) is 6.61. The van der Waals surface area contributed by atoms with E-state index in [0.29, 0.717) is 23.5 Å². The minimum Gasteiger partial charge on any atom is -0.488 e. The van der Waals surface area contributed by atoms with Gasteiger partial charge in [0, 0.05) is 29.9 Å². The molecule has 0 aliphatic carbocycles. The first-order valence-corrected chi connectivity index (χ1v) is 11.1. The zero-order chi connectivity index (χ0) is 22.7. The van der Waals surface area contributed by atoms with Crippen LogP contribution in [0.15, 0.2) is 54.7 Å². The van der Waals surface area contributed by atoms with Crippen molar-refractivity contribution in [2.45, 2.75) is 51.8 Å². The van der Waals surface area contributed by atoms with Crippen LogP contribution in [0.3, 0.4) is 0 Å². The summed E-state index contributed by atoms with van der Waals surface area (Å²) < 4.78 is 22.2. The third kappa shape index (κ3) is 4.55. The van der Waals surface area contributed by atoms with Crippen molar-refractivity contribution in [1.82, 2.24) is 9.88 Å². The zero-order valence-electron chi connectivity index (χ0n) is 18.5. The van der Waals surface area contributed by atoms with Crippen molar-refractivity contribution >= 4 is 5.97 Å². The van der Waals surface area contributed by atoms with E-state index < -0.39 is 11.8 Å². The van der Waals surface area contributed by atoms with Gasteiger partial charge < -0.3 is 19.7 Å². The van der Waals surface area contributed by atoms with Crippen molar-refractivity contribution in [2.24, 2.45) is 0 Å². The highest BCUT2D eigenvalue weighted by molar-refractivity contribution is 5.92. The van der Waals surface area contributed by atoms with E-state index in [1.54, 1.807) is 19.2 Å². The van der Waals surface area contributed by atoms with Crippen LogP contribution in [-0.2, 0) is 6.61 Å². The molecule has 6 heteroatoms. The Morgan fingerprint density at radius 2 is 2.03 bits per heavy atom. The number of carboxylic acids is 1. The van der Waals surface area contributed by atoms with Crippen LogP contribution >= 0.6 is 0 Å². The van der Waals surface area contributed by atoms with E-state index in [1.165, 1.54) is 12.1 Å². The lowest BCUT2D eigenvalue weighted by Gasteiger charge is -2.31. The van der Waals surface area contributed by atoms with Gasteiger partial charge in [-0.1, -0.05) is 36.8 Å². The number of nitrogens with zero attached hydrogens (tertiary/aromatic N) is 1. The number of rotatable bonds is 7. The minimum absolute atomic E-state index is 0.0316. The van der Waals surface area contributed by atoms with E-state index in [0.717, 1.165) is 37.1 Å². The van der Waals surface area contributed by atoms with E-state index in [9.17, 15) is 14.3 Å². The monoisotopic (exact) mass is 436 g/mol. The van der Waals surface area contributed by atoms with Crippen molar-refractivity contribution in [1.29, 1.82) is 0 Å². The van der Waals surface area contributed by atoms with Crippen LogP contribution in [0.4, 0.5) is 4.39 Å². The molecule has 2 atom stereocenters. The van der Waals surface area contributed by atoms with Gasteiger partial charge in [0.2, 0.25) is 0 Å². The number of halogens is 1. The molecule has 2 N–H and O–H groups in total. The summed E-state index contributed by atoms with van der Waals surface area (Å²) >= 11 is 0. The molecule has 0 saturated carbocycles. The van der Waals surface area contributed by atoms with E-state index >= 15 is 0 Å². The van der Waals surface area contributed by atoms with E-state index in [2.05, 4.69) is 12.2 Å². The third-order valence-corrected chi connectivity index (χ3v) is 6.32. The van der Waals surface area contributed by atoms with Gasteiger partial charge in [-0.2, -0.15) is 0 Å². The fraction of sp³-hybridized carbons (Fsp3) is 0.346. The Morgan fingerprint density at radius 1 is 1.25 bits per heavy atom. The third-order valence-electron chi connectivity index (χ3n) is 6.32. The number of aromatic nitrogens is 1. The lowest BCUT2D eigenvalue weighted by molar-refractivity contribution is 0.0696. The van der Waals surface area contributed by atoms with Crippen molar-refractivity contribution in [2.75, 3.05) is 6.54 Å². The smallest absolute Gasteiger partial charge is 0.337 e. The first kappa shape index (κ1) is 22.1. The van der Waals surface area contributed by atoms with E-state index in [1.807, 2.05) is 34.9 Å². The first-order chi connectivity index (χ1) is 15.5. The molecule has 1 fully saturated rings. The summed E-state index contributed by atoms with van der Waals surface area (Å²) in [6, 6.07) is 14.4. The Labute approximate surface area is 187 Å². The first-order valence-electron chi connectivity index (χ1n) is 11.1. The summed E-state index contributed by atoms with van der Waals surface area (Å²) in [6.07, 6.45) is 5.03. The van der Waals surface area contributed by atoms with E-state index in [4.69, 9.17) is 4.74 Å². The molecule has 1 aliphatic rings. The number of carbonyl (C=O) groups is 1. The lowest BCUT2D eigenvalue weighted by Crippen LogP contribution is -2.39. The molecular weight excluding hydrogens is 407 g/mol. The second-order valence-corrected chi connectivity index (χ2v) is 8.44. The largest absolute Gasteiger partial charge is 0.488 e. The highest BCUT2D eigenvalue weighted by Gasteiger charge is 2.28. The van der Waals surface area contributed by atoms with E-state index in [-0.39, 0.29) is 17.6 Å². The number of hydrogen-bond acceptors (Lipinski definition) is 3. The summed E-state index contributed by atoms with van der Waals surface area (Å²) in [5.41, 5.74) is 3.32. The van der Waals surface area contributed by atoms with Crippen LogP contribution in [0.5, 0.6) is 5.75 Å². The number of ether oxygens (including phenoxy) is 1. The molecule has 0 radical (unpaired) electrons. The zero-order valence-corrected chi connectivity index (χ0v) is 18.5. The molecule has 3 aromatic rings. The summed E-state index contributed by atoms with van der Waals surface area (Å²) in [7, 11) is 0. The quantitative estimate of drug-likeness (QED) is 0.507. The van der Waals surface area contributed by atoms with Crippen LogP contribution in [0.2, 0.25) is 0 Å². The molecule has 5 nitrogen and oxygen atoms in total. The Balaban J connectivity index is 1.77. The van der Waals surface area contributed by atoms with Gasteiger partial charge in [-0.3, -0.25) is 0 Å². The normalized spacial score (nSPS) is 17.2. The average Bonchev–Trinajstić information content (AvgIpc) is 3.15. The fourth-order valence-electron chi connectivity index (χ4n) is 4.53. The van der Waals surface area contributed by atoms with Gasteiger partial charge in [-0.05, 0) is 56.5 Å². The lowest BCUT2D eigenvalue weighted by atomic mass is 9.98.